The number of carbonyl (C=O) groups excluding carboxylic acids is 1. The van der Waals surface area contributed by atoms with Crippen LogP contribution in [0.5, 0.6) is 0 Å². The SMILES string of the molecule is CCS[C@@H]1CC[C@@H](N(C)C(=O)NCc2ccsc2)C1. The molecule has 0 saturated heterocycles. The molecule has 2 atom stereocenters. The van der Waals surface area contributed by atoms with Gasteiger partial charge in [-0.05, 0) is 47.4 Å². The molecule has 0 bridgehead atoms. The smallest absolute Gasteiger partial charge is 0.317 e. The Bertz CT molecular complexity index is 394. The third kappa shape index (κ3) is 4.14. The van der Waals surface area contributed by atoms with E-state index in [9.17, 15) is 4.79 Å². The van der Waals surface area contributed by atoms with E-state index in [1.807, 2.05) is 29.1 Å². The maximum absolute atomic E-state index is 12.1. The fourth-order valence-electron chi connectivity index (χ4n) is 2.52. The molecule has 3 nitrogen and oxygen atoms in total. The van der Waals surface area contributed by atoms with Gasteiger partial charge in [-0.25, -0.2) is 4.79 Å². The number of nitrogens with zero attached hydrogens (tertiary/aromatic N) is 1. The molecule has 0 aliphatic heterocycles. The number of thioether (sulfide) groups is 1. The number of rotatable bonds is 5. The van der Waals surface area contributed by atoms with E-state index in [1.165, 1.54) is 17.7 Å². The van der Waals surface area contributed by atoms with Crippen LogP contribution < -0.4 is 5.32 Å². The van der Waals surface area contributed by atoms with Crippen LogP contribution in [0.2, 0.25) is 0 Å². The highest BCUT2D eigenvalue weighted by atomic mass is 32.2. The van der Waals surface area contributed by atoms with Crippen LogP contribution in [0.15, 0.2) is 16.8 Å². The van der Waals surface area contributed by atoms with Crippen molar-refractivity contribution in [2.24, 2.45) is 0 Å². The zero-order valence-electron chi connectivity index (χ0n) is 11.6. The third-order valence-corrected chi connectivity index (χ3v) is 5.62. The van der Waals surface area contributed by atoms with Gasteiger partial charge < -0.3 is 10.2 Å². The molecule has 0 aromatic carbocycles. The van der Waals surface area contributed by atoms with Crippen molar-refractivity contribution in [3.63, 3.8) is 0 Å². The Morgan fingerprint density at radius 3 is 3.11 bits per heavy atom. The third-order valence-electron chi connectivity index (χ3n) is 3.65. The molecule has 1 N–H and O–H groups in total. The van der Waals surface area contributed by atoms with Crippen molar-refractivity contribution in [2.45, 2.75) is 44.0 Å². The van der Waals surface area contributed by atoms with E-state index < -0.39 is 0 Å². The first kappa shape index (κ1) is 14.7. The van der Waals surface area contributed by atoms with Gasteiger partial charge in [-0.3, -0.25) is 0 Å². The molecular weight excluding hydrogens is 276 g/mol. The molecule has 2 amide bonds. The second kappa shape index (κ2) is 7.20. The monoisotopic (exact) mass is 298 g/mol. The van der Waals surface area contributed by atoms with Crippen molar-refractivity contribution in [3.05, 3.63) is 22.4 Å². The topological polar surface area (TPSA) is 32.3 Å². The number of amides is 2. The first-order valence-corrected chi connectivity index (χ1v) is 8.83. The first-order chi connectivity index (χ1) is 9.20. The van der Waals surface area contributed by atoms with E-state index in [4.69, 9.17) is 0 Å². The second-order valence-corrected chi connectivity index (χ2v) is 7.30. The van der Waals surface area contributed by atoms with Gasteiger partial charge in [0.15, 0.2) is 0 Å². The Morgan fingerprint density at radius 1 is 1.58 bits per heavy atom. The Kier molecular flexibility index (Phi) is 5.58. The molecule has 1 aliphatic rings. The Balaban J connectivity index is 1.76. The molecule has 1 fully saturated rings. The first-order valence-electron chi connectivity index (χ1n) is 6.84. The Labute approximate surface area is 123 Å². The standard InChI is InChI=1S/C14H22N2OS2/c1-3-19-13-5-4-12(8-13)16(2)14(17)15-9-11-6-7-18-10-11/h6-7,10,12-13H,3-5,8-9H2,1-2H3,(H,15,17)/t12-,13-/m1/s1. The normalized spacial score (nSPS) is 22.4. The van der Waals surface area contributed by atoms with E-state index in [0.29, 0.717) is 12.6 Å². The molecule has 2 rings (SSSR count). The Morgan fingerprint density at radius 2 is 2.42 bits per heavy atom. The largest absolute Gasteiger partial charge is 0.334 e. The molecule has 1 aromatic heterocycles. The summed E-state index contributed by atoms with van der Waals surface area (Å²) in [6.45, 7) is 2.84. The fraction of sp³-hybridized carbons (Fsp3) is 0.643. The number of urea groups is 1. The van der Waals surface area contributed by atoms with Gasteiger partial charge in [0.1, 0.15) is 0 Å². The average Bonchev–Trinajstić information content (AvgIpc) is 3.06. The molecule has 0 unspecified atom stereocenters. The van der Waals surface area contributed by atoms with Gasteiger partial charge in [0, 0.05) is 24.9 Å². The summed E-state index contributed by atoms with van der Waals surface area (Å²) in [5, 5.41) is 7.84. The lowest BCUT2D eigenvalue weighted by molar-refractivity contribution is 0.190. The van der Waals surface area contributed by atoms with Crippen LogP contribution in [-0.2, 0) is 6.54 Å². The number of hydrogen-bond acceptors (Lipinski definition) is 3. The van der Waals surface area contributed by atoms with Gasteiger partial charge in [-0.15, -0.1) is 0 Å². The summed E-state index contributed by atoms with van der Waals surface area (Å²) in [6.07, 6.45) is 3.52. The summed E-state index contributed by atoms with van der Waals surface area (Å²) in [4.78, 5) is 14.0. The maximum atomic E-state index is 12.1. The van der Waals surface area contributed by atoms with Crippen molar-refractivity contribution in [1.29, 1.82) is 0 Å². The molecule has 0 radical (unpaired) electrons. The maximum Gasteiger partial charge on any atom is 0.317 e. The summed E-state index contributed by atoms with van der Waals surface area (Å²) in [6, 6.07) is 2.51. The van der Waals surface area contributed by atoms with E-state index in [-0.39, 0.29) is 6.03 Å². The van der Waals surface area contributed by atoms with Crippen LogP contribution in [-0.4, -0.2) is 35.0 Å². The molecule has 106 valence electrons. The van der Waals surface area contributed by atoms with Crippen LogP contribution in [0.3, 0.4) is 0 Å². The molecule has 5 heteroatoms. The van der Waals surface area contributed by atoms with E-state index in [2.05, 4.69) is 23.7 Å². The zero-order valence-corrected chi connectivity index (χ0v) is 13.2. The molecule has 19 heavy (non-hydrogen) atoms. The predicted molar refractivity (Wildman–Crippen MR) is 83.9 cm³/mol. The van der Waals surface area contributed by atoms with E-state index in [0.717, 1.165) is 18.1 Å². The molecule has 0 spiro atoms. The summed E-state index contributed by atoms with van der Waals surface area (Å²) >= 11 is 3.69. The summed E-state index contributed by atoms with van der Waals surface area (Å²) < 4.78 is 0. The lowest BCUT2D eigenvalue weighted by Crippen LogP contribution is -2.42. The highest BCUT2D eigenvalue weighted by molar-refractivity contribution is 7.99. The lowest BCUT2D eigenvalue weighted by atomic mass is 10.2. The van der Waals surface area contributed by atoms with E-state index in [1.54, 1.807) is 11.3 Å². The summed E-state index contributed by atoms with van der Waals surface area (Å²) in [5.74, 6) is 1.17. The predicted octanol–water partition coefficient (Wildman–Crippen LogP) is 3.56. The van der Waals surface area contributed by atoms with Crippen molar-refractivity contribution in [3.8, 4) is 0 Å². The van der Waals surface area contributed by atoms with Crippen LogP contribution in [0.1, 0.15) is 31.7 Å². The molecule has 1 saturated carbocycles. The van der Waals surface area contributed by atoms with Crippen molar-refractivity contribution < 1.29 is 4.79 Å². The molecular formula is C14H22N2OS2. The van der Waals surface area contributed by atoms with Crippen LogP contribution in [0.25, 0.3) is 0 Å². The van der Waals surface area contributed by atoms with Crippen molar-refractivity contribution in [1.82, 2.24) is 10.2 Å². The second-order valence-electron chi connectivity index (χ2n) is 4.95. The number of hydrogen-bond donors (Lipinski definition) is 1. The highest BCUT2D eigenvalue weighted by Crippen LogP contribution is 2.32. The van der Waals surface area contributed by atoms with Gasteiger partial charge in [0.25, 0.3) is 0 Å². The molecule has 1 heterocycles. The average molecular weight is 298 g/mol. The lowest BCUT2D eigenvalue weighted by Gasteiger charge is -2.25. The minimum atomic E-state index is 0.0540. The van der Waals surface area contributed by atoms with Crippen LogP contribution in [0, 0.1) is 0 Å². The van der Waals surface area contributed by atoms with E-state index >= 15 is 0 Å². The number of nitrogens with one attached hydrogen (secondary N) is 1. The molecule has 1 aromatic rings. The van der Waals surface area contributed by atoms with Gasteiger partial charge in [0.2, 0.25) is 0 Å². The number of thiophene rings is 1. The number of carbonyl (C=O) groups is 1. The zero-order chi connectivity index (χ0) is 13.7. The highest BCUT2D eigenvalue weighted by Gasteiger charge is 2.29. The van der Waals surface area contributed by atoms with Crippen molar-refractivity contribution >= 4 is 29.1 Å². The van der Waals surface area contributed by atoms with Gasteiger partial charge >= 0.3 is 6.03 Å². The fourth-order valence-corrected chi connectivity index (χ4v) is 4.32. The van der Waals surface area contributed by atoms with Crippen molar-refractivity contribution in [2.75, 3.05) is 12.8 Å². The van der Waals surface area contributed by atoms with Gasteiger partial charge in [0.05, 0.1) is 0 Å². The minimum Gasteiger partial charge on any atom is -0.334 e. The van der Waals surface area contributed by atoms with Crippen LogP contribution in [0.4, 0.5) is 4.79 Å². The minimum absolute atomic E-state index is 0.0540. The molecule has 1 aliphatic carbocycles. The Hall–Kier alpha value is -0.680. The quantitative estimate of drug-likeness (QED) is 0.901. The summed E-state index contributed by atoms with van der Waals surface area (Å²) in [5.41, 5.74) is 1.18. The van der Waals surface area contributed by atoms with Gasteiger partial charge in [-0.1, -0.05) is 6.92 Å². The summed E-state index contributed by atoms with van der Waals surface area (Å²) in [7, 11) is 1.92. The van der Waals surface area contributed by atoms with Crippen LogP contribution >= 0.6 is 23.1 Å². The van der Waals surface area contributed by atoms with Gasteiger partial charge in [-0.2, -0.15) is 23.1 Å².